The van der Waals surface area contributed by atoms with Gasteiger partial charge in [-0.05, 0) is 30.0 Å². The van der Waals surface area contributed by atoms with Crippen molar-refractivity contribution >= 4 is 17.3 Å². The maximum absolute atomic E-state index is 10.9. The summed E-state index contributed by atoms with van der Waals surface area (Å²) in [6, 6.07) is 12.1. The summed E-state index contributed by atoms with van der Waals surface area (Å²) < 4.78 is 0. The predicted octanol–water partition coefficient (Wildman–Crippen LogP) is 3.65. The van der Waals surface area contributed by atoms with Crippen LogP contribution < -0.4 is 5.32 Å². The van der Waals surface area contributed by atoms with Crippen LogP contribution >= 0.6 is 11.3 Å². The zero-order chi connectivity index (χ0) is 14.5. The number of thiophene rings is 1. The highest BCUT2D eigenvalue weighted by atomic mass is 32.1. The molecular formula is C16H19NO2S. The fourth-order valence-electron chi connectivity index (χ4n) is 2.10. The Kier molecular flexibility index (Phi) is 4.93. The van der Waals surface area contributed by atoms with Gasteiger partial charge in [0.2, 0.25) is 0 Å². The molecule has 4 heteroatoms. The Labute approximate surface area is 123 Å². The highest BCUT2D eigenvalue weighted by molar-refractivity contribution is 7.14. The SMILES string of the molecule is Cc1cc(C(=O)O)sc1CNCC(C)c1ccccc1. The zero-order valence-corrected chi connectivity index (χ0v) is 12.5. The van der Waals surface area contributed by atoms with Crippen molar-refractivity contribution < 1.29 is 9.90 Å². The topological polar surface area (TPSA) is 49.3 Å². The number of benzene rings is 1. The van der Waals surface area contributed by atoms with Gasteiger partial charge in [0.1, 0.15) is 4.88 Å². The first-order valence-corrected chi connectivity index (χ1v) is 7.48. The Morgan fingerprint density at radius 1 is 1.35 bits per heavy atom. The van der Waals surface area contributed by atoms with Crippen molar-refractivity contribution in [3.8, 4) is 0 Å². The second-order valence-electron chi connectivity index (χ2n) is 4.96. The molecule has 2 rings (SSSR count). The van der Waals surface area contributed by atoms with Crippen molar-refractivity contribution in [1.29, 1.82) is 0 Å². The number of aromatic carboxylic acids is 1. The summed E-state index contributed by atoms with van der Waals surface area (Å²) in [7, 11) is 0. The number of hydrogen-bond donors (Lipinski definition) is 2. The van der Waals surface area contributed by atoms with E-state index in [1.165, 1.54) is 16.9 Å². The molecule has 0 spiro atoms. The quantitative estimate of drug-likeness (QED) is 0.853. The smallest absolute Gasteiger partial charge is 0.345 e. The average Bonchev–Trinajstić information content (AvgIpc) is 2.81. The van der Waals surface area contributed by atoms with Crippen molar-refractivity contribution in [3.63, 3.8) is 0 Å². The van der Waals surface area contributed by atoms with Gasteiger partial charge in [-0.3, -0.25) is 0 Å². The Hall–Kier alpha value is -1.65. The Balaban J connectivity index is 1.88. The highest BCUT2D eigenvalue weighted by Crippen LogP contribution is 2.22. The number of carbonyl (C=O) groups is 1. The van der Waals surface area contributed by atoms with E-state index in [1.807, 2.05) is 25.1 Å². The minimum absolute atomic E-state index is 0.412. The second kappa shape index (κ2) is 6.68. The van der Waals surface area contributed by atoms with E-state index in [4.69, 9.17) is 5.11 Å². The molecule has 0 amide bonds. The van der Waals surface area contributed by atoms with Gasteiger partial charge in [-0.2, -0.15) is 0 Å². The highest BCUT2D eigenvalue weighted by Gasteiger charge is 2.11. The first-order chi connectivity index (χ1) is 9.58. The maximum atomic E-state index is 10.9. The molecule has 2 N–H and O–H groups in total. The number of carboxylic acid groups (broad SMARTS) is 1. The third kappa shape index (κ3) is 3.68. The van der Waals surface area contributed by atoms with Crippen LogP contribution in [0.2, 0.25) is 0 Å². The van der Waals surface area contributed by atoms with Gasteiger partial charge in [-0.1, -0.05) is 37.3 Å². The van der Waals surface area contributed by atoms with Crippen molar-refractivity contribution in [2.45, 2.75) is 26.3 Å². The van der Waals surface area contributed by atoms with Gasteiger partial charge in [-0.25, -0.2) is 4.79 Å². The number of rotatable bonds is 6. The van der Waals surface area contributed by atoms with E-state index in [2.05, 4.69) is 24.4 Å². The normalized spacial score (nSPS) is 12.3. The summed E-state index contributed by atoms with van der Waals surface area (Å²) in [6.45, 7) is 5.75. The van der Waals surface area contributed by atoms with Gasteiger partial charge in [0.25, 0.3) is 0 Å². The molecular weight excluding hydrogens is 270 g/mol. The zero-order valence-electron chi connectivity index (χ0n) is 11.7. The average molecular weight is 289 g/mol. The van der Waals surface area contributed by atoms with Crippen LogP contribution in [0.1, 0.15) is 38.5 Å². The molecule has 1 aromatic carbocycles. The lowest BCUT2D eigenvalue weighted by Crippen LogP contribution is -2.19. The van der Waals surface area contributed by atoms with Crippen LogP contribution in [0.25, 0.3) is 0 Å². The molecule has 1 unspecified atom stereocenters. The third-order valence-corrected chi connectivity index (χ3v) is 4.56. The lowest BCUT2D eigenvalue weighted by molar-refractivity contribution is 0.0702. The number of nitrogens with one attached hydrogen (secondary N) is 1. The molecule has 0 fully saturated rings. The van der Waals surface area contributed by atoms with E-state index in [0.717, 1.165) is 23.5 Å². The van der Waals surface area contributed by atoms with E-state index in [-0.39, 0.29) is 0 Å². The lowest BCUT2D eigenvalue weighted by Gasteiger charge is -2.12. The van der Waals surface area contributed by atoms with Crippen LogP contribution in [0, 0.1) is 6.92 Å². The van der Waals surface area contributed by atoms with Gasteiger partial charge in [0.05, 0.1) is 0 Å². The molecule has 0 aliphatic rings. The summed E-state index contributed by atoms with van der Waals surface area (Å²) in [5, 5.41) is 12.4. The molecule has 1 atom stereocenters. The van der Waals surface area contributed by atoms with Gasteiger partial charge < -0.3 is 10.4 Å². The van der Waals surface area contributed by atoms with Gasteiger partial charge in [-0.15, -0.1) is 11.3 Å². The second-order valence-corrected chi connectivity index (χ2v) is 6.10. The molecule has 20 heavy (non-hydrogen) atoms. The molecule has 0 aliphatic carbocycles. The fourth-order valence-corrected chi connectivity index (χ4v) is 3.08. The van der Waals surface area contributed by atoms with Crippen molar-refractivity contribution in [1.82, 2.24) is 5.32 Å². The van der Waals surface area contributed by atoms with Gasteiger partial charge in [0, 0.05) is 18.0 Å². The van der Waals surface area contributed by atoms with Crippen LogP contribution in [0.4, 0.5) is 0 Å². The predicted molar refractivity (Wildman–Crippen MR) is 82.6 cm³/mol. The fraction of sp³-hybridized carbons (Fsp3) is 0.312. The van der Waals surface area contributed by atoms with Crippen molar-refractivity contribution in [3.05, 3.63) is 57.3 Å². The molecule has 1 heterocycles. The van der Waals surface area contributed by atoms with Crippen LogP contribution in [0.15, 0.2) is 36.4 Å². The Morgan fingerprint density at radius 2 is 2.05 bits per heavy atom. The van der Waals surface area contributed by atoms with E-state index in [0.29, 0.717) is 10.8 Å². The molecule has 0 saturated heterocycles. The Bertz CT molecular complexity index is 577. The number of aryl methyl sites for hydroxylation is 1. The summed E-state index contributed by atoms with van der Waals surface area (Å²) >= 11 is 1.35. The number of hydrogen-bond acceptors (Lipinski definition) is 3. The van der Waals surface area contributed by atoms with E-state index in [1.54, 1.807) is 6.07 Å². The molecule has 0 saturated carbocycles. The monoisotopic (exact) mass is 289 g/mol. The minimum Gasteiger partial charge on any atom is -0.477 e. The van der Waals surface area contributed by atoms with E-state index in [9.17, 15) is 4.79 Å². The molecule has 1 aromatic heterocycles. The number of carboxylic acids is 1. The minimum atomic E-state index is -0.845. The van der Waals surface area contributed by atoms with Crippen molar-refractivity contribution in [2.24, 2.45) is 0 Å². The molecule has 0 radical (unpaired) electrons. The van der Waals surface area contributed by atoms with Gasteiger partial charge >= 0.3 is 5.97 Å². The molecule has 2 aromatic rings. The maximum Gasteiger partial charge on any atom is 0.345 e. The van der Waals surface area contributed by atoms with Gasteiger partial charge in [0.15, 0.2) is 0 Å². The summed E-state index contributed by atoms with van der Waals surface area (Å²) in [5.74, 6) is -0.405. The summed E-state index contributed by atoms with van der Waals surface area (Å²) in [5.41, 5.74) is 2.36. The Morgan fingerprint density at radius 3 is 2.65 bits per heavy atom. The standard InChI is InChI=1S/C16H19NO2S/c1-11-8-14(16(18)19)20-15(11)10-17-9-12(2)13-6-4-3-5-7-13/h3-8,12,17H,9-10H2,1-2H3,(H,18,19). The van der Waals surface area contributed by atoms with Crippen LogP contribution in [0.3, 0.4) is 0 Å². The first kappa shape index (κ1) is 14.8. The molecule has 0 aliphatic heterocycles. The molecule has 0 bridgehead atoms. The largest absolute Gasteiger partial charge is 0.477 e. The van der Waals surface area contributed by atoms with Crippen LogP contribution in [-0.2, 0) is 6.54 Å². The summed E-state index contributed by atoms with van der Waals surface area (Å²) in [6.07, 6.45) is 0. The third-order valence-electron chi connectivity index (χ3n) is 3.34. The lowest BCUT2D eigenvalue weighted by atomic mass is 10.0. The molecule has 3 nitrogen and oxygen atoms in total. The van der Waals surface area contributed by atoms with Crippen LogP contribution in [0.5, 0.6) is 0 Å². The van der Waals surface area contributed by atoms with Crippen molar-refractivity contribution in [2.75, 3.05) is 6.54 Å². The first-order valence-electron chi connectivity index (χ1n) is 6.66. The van der Waals surface area contributed by atoms with Crippen LogP contribution in [-0.4, -0.2) is 17.6 Å². The molecule has 106 valence electrons. The summed E-state index contributed by atoms with van der Waals surface area (Å²) in [4.78, 5) is 12.4. The van der Waals surface area contributed by atoms with E-state index >= 15 is 0 Å². The van der Waals surface area contributed by atoms with E-state index < -0.39 is 5.97 Å².